The standard InChI is InChI=1S/C13H19N3O3.C2H6/c1-9-7-12(18)11(8-14-10(2)17)13(15-9)16-3-5-19-6-4-16;1-2/h7H,3-6,8H2,1-2H3,(H,14,17)(H,15,18);1-2H3. The zero-order valence-corrected chi connectivity index (χ0v) is 13.3. The lowest BCUT2D eigenvalue weighted by atomic mass is 10.2. The molecule has 0 aromatic carbocycles. The van der Waals surface area contributed by atoms with Crippen LogP contribution in [0, 0.1) is 6.92 Å². The van der Waals surface area contributed by atoms with Crippen molar-refractivity contribution in [3.8, 4) is 0 Å². The highest BCUT2D eigenvalue weighted by Gasteiger charge is 2.18. The molecule has 6 nitrogen and oxygen atoms in total. The molecule has 1 fully saturated rings. The minimum Gasteiger partial charge on any atom is -0.378 e. The highest BCUT2D eigenvalue weighted by molar-refractivity contribution is 5.73. The van der Waals surface area contributed by atoms with Crippen molar-refractivity contribution in [1.82, 2.24) is 10.3 Å². The van der Waals surface area contributed by atoms with Crippen molar-refractivity contribution in [1.29, 1.82) is 0 Å². The lowest BCUT2D eigenvalue weighted by Crippen LogP contribution is -2.39. The SMILES string of the molecule is CC.CC(=O)NCc1c(N2CCOCC2)[nH]c(C)cc1=O. The topological polar surface area (TPSA) is 74.4 Å². The van der Waals surface area contributed by atoms with Gasteiger partial charge in [0, 0.05) is 31.8 Å². The van der Waals surface area contributed by atoms with Gasteiger partial charge in [0.15, 0.2) is 5.43 Å². The second-order valence-corrected chi connectivity index (χ2v) is 4.65. The zero-order chi connectivity index (χ0) is 15.8. The molecule has 2 N–H and O–H groups in total. The number of nitrogens with zero attached hydrogens (tertiary/aromatic N) is 1. The molecule has 1 amide bonds. The minimum atomic E-state index is -0.145. The van der Waals surface area contributed by atoms with E-state index in [9.17, 15) is 9.59 Å². The van der Waals surface area contributed by atoms with Crippen molar-refractivity contribution < 1.29 is 9.53 Å². The normalized spacial score (nSPS) is 14.2. The second-order valence-electron chi connectivity index (χ2n) is 4.65. The molecule has 0 bridgehead atoms. The molecule has 0 aliphatic carbocycles. The van der Waals surface area contributed by atoms with Gasteiger partial charge in [0.2, 0.25) is 5.91 Å². The molecule has 0 atom stereocenters. The maximum Gasteiger partial charge on any atom is 0.217 e. The third-order valence-electron chi connectivity index (χ3n) is 3.09. The van der Waals surface area contributed by atoms with Gasteiger partial charge in [-0.3, -0.25) is 9.59 Å². The first-order valence-corrected chi connectivity index (χ1v) is 7.38. The summed E-state index contributed by atoms with van der Waals surface area (Å²) in [5.41, 5.74) is 1.37. The second kappa shape index (κ2) is 8.46. The van der Waals surface area contributed by atoms with Gasteiger partial charge in [0.05, 0.1) is 25.3 Å². The molecule has 0 radical (unpaired) electrons. The highest BCUT2D eigenvalue weighted by Crippen LogP contribution is 2.16. The van der Waals surface area contributed by atoms with E-state index in [0.717, 1.165) is 24.6 Å². The number of rotatable bonds is 3. The third-order valence-corrected chi connectivity index (χ3v) is 3.09. The molecular weight excluding hydrogens is 270 g/mol. The number of hydrogen-bond acceptors (Lipinski definition) is 4. The zero-order valence-electron chi connectivity index (χ0n) is 13.3. The Kier molecular flexibility index (Phi) is 6.94. The number of morpholine rings is 1. The van der Waals surface area contributed by atoms with E-state index >= 15 is 0 Å². The van der Waals surface area contributed by atoms with Gasteiger partial charge in [0.1, 0.15) is 5.82 Å². The molecule has 1 aliphatic rings. The highest BCUT2D eigenvalue weighted by atomic mass is 16.5. The van der Waals surface area contributed by atoms with Crippen LogP contribution >= 0.6 is 0 Å². The van der Waals surface area contributed by atoms with Crippen LogP contribution in [0.3, 0.4) is 0 Å². The summed E-state index contributed by atoms with van der Waals surface area (Å²) >= 11 is 0. The maximum atomic E-state index is 12.1. The van der Waals surface area contributed by atoms with Crippen LogP contribution in [-0.2, 0) is 16.1 Å². The average Bonchev–Trinajstić information content (AvgIpc) is 2.48. The van der Waals surface area contributed by atoms with Crippen LogP contribution in [0.5, 0.6) is 0 Å². The molecule has 1 aromatic rings. The van der Waals surface area contributed by atoms with Crippen molar-refractivity contribution in [2.75, 3.05) is 31.2 Å². The van der Waals surface area contributed by atoms with Crippen molar-refractivity contribution in [3.05, 3.63) is 27.5 Å². The molecule has 1 aromatic heterocycles. The van der Waals surface area contributed by atoms with E-state index in [0.29, 0.717) is 18.8 Å². The summed E-state index contributed by atoms with van der Waals surface area (Å²) in [6.45, 7) is 10.3. The van der Waals surface area contributed by atoms with Crippen molar-refractivity contribution in [2.45, 2.75) is 34.2 Å². The molecule has 118 valence electrons. The van der Waals surface area contributed by atoms with E-state index < -0.39 is 0 Å². The first kappa shape index (κ1) is 17.2. The molecular formula is C15H25N3O3. The predicted molar refractivity (Wildman–Crippen MR) is 83.7 cm³/mol. The fourth-order valence-electron chi connectivity index (χ4n) is 2.14. The van der Waals surface area contributed by atoms with Gasteiger partial charge >= 0.3 is 0 Å². The number of carbonyl (C=O) groups excluding carboxylic acids is 1. The summed E-state index contributed by atoms with van der Waals surface area (Å²) in [4.78, 5) is 28.4. The molecule has 1 saturated heterocycles. The number of amides is 1. The fourth-order valence-corrected chi connectivity index (χ4v) is 2.14. The monoisotopic (exact) mass is 295 g/mol. The number of pyridine rings is 1. The number of carbonyl (C=O) groups is 1. The van der Waals surface area contributed by atoms with Crippen molar-refractivity contribution in [2.24, 2.45) is 0 Å². The van der Waals surface area contributed by atoms with E-state index in [1.807, 2.05) is 20.8 Å². The molecule has 1 aliphatic heterocycles. The summed E-state index contributed by atoms with van der Waals surface area (Å²) in [6, 6.07) is 1.56. The van der Waals surface area contributed by atoms with Crippen molar-refractivity contribution in [3.63, 3.8) is 0 Å². The lowest BCUT2D eigenvalue weighted by molar-refractivity contribution is -0.119. The number of ether oxygens (including phenoxy) is 1. The molecule has 0 spiro atoms. The van der Waals surface area contributed by atoms with Gasteiger partial charge < -0.3 is 19.9 Å². The Balaban J connectivity index is 0.00000106. The average molecular weight is 295 g/mol. The van der Waals surface area contributed by atoms with Crippen LogP contribution in [0.25, 0.3) is 0 Å². The number of aryl methyl sites for hydroxylation is 1. The number of nitrogens with one attached hydrogen (secondary N) is 2. The first-order valence-electron chi connectivity index (χ1n) is 7.38. The Hall–Kier alpha value is -1.82. The van der Waals surface area contributed by atoms with E-state index in [2.05, 4.69) is 15.2 Å². The predicted octanol–water partition coefficient (Wildman–Crippen LogP) is 1.18. The summed E-state index contributed by atoms with van der Waals surface area (Å²) < 4.78 is 5.32. The van der Waals surface area contributed by atoms with Crippen LogP contribution < -0.4 is 15.6 Å². The van der Waals surface area contributed by atoms with Crippen LogP contribution in [0.15, 0.2) is 10.9 Å². The van der Waals surface area contributed by atoms with E-state index in [4.69, 9.17) is 4.74 Å². The summed E-state index contributed by atoms with van der Waals surface area (Å²) in [5, 5.41) is 2.68. The Morgan fingerprint density at radius 2 is 2.00 bits per heavy atom. The largest absolute Gasteiger partial charge is 0.378 e. The molecule has 21 heavy (non-hydrogen) atoms. The van der Waals surface area contributed by atoms with Gasteiger partial charge in [-0.05, 0) is 6.92 Å². The van der Waals surface area contributed by atoms with E-state index in [1.165, 1.54) is 6.92 Å². The van der Waals surface area contributed by atoms with Gasteiger partial charge in [0.25, 0.3) is 0 Å². The molecule has 6 heteroatoms. The Bertz CT molecular complexity index is 519. The number of aromatic nitrogens is 1. The number of anilines is 1. The van der Waals surface area contributed by atoms with E-state index in [1.54, 1.807) is 6.07 Å². The number of aromatic amines is 1. The molecule has 2 heterocycles. The number of H-pyrrole nitrogens is 1. The fraction of sp³-hybridized carbons (Fsp3) is 0.600. The van der Waals surface area contributed by atoms with Crippen LogP contribution in [0.2, 0.25) is 0 Å². The summed E-state index contributed by atoms with van der Waals surface area (Å²) in [6.07, 6.45) is 0. The van der Waals surface area contributed by atoms with Gasteiger partial charge in [-0.15, -0.1) is 0 Å². The van der Waals surface area contributed by atoms with Crippen molar-refractivity contribution >= 4 is 11.7 Å². The van der Waals surface area contributed by atoms with Gasteiger partial charge in [-0.1, -0.05) is 13.8 Å². The lowest BCUT2D eigenvalue weighted by Gasteiger charge is -2.30. The minimum absolute atomic E-state index is 0.0495. The summed E-state index contributed by atoms with van der Waals surface area (Å²) in [5.74, 6) is 0.648. The van der Waals surface area contributed by atoms with Crippen LogP contribution in [0.4, 0.5) is 5.82 Å². The molecule has 0 unspecified atom stereocenters. The molecule has 0 saturated carbocycles. The molecule has 2 rings (SSSR count). The summed E-state index contributed by atoms with van der Waals surface area (Å²) in [7, 11) is 0. The van der Waals surface area contributed by atoms with E-state index in [-0.39, 0.29) is 17.9 Å². The maximum absolute atomic E-state index is 12.1. The Morgan fingerprint density at radius 1 is 1.38 bits per heavy atom. The van der Waals surface area contributed by atoms with Crippen LogP contribution in [0.1, 0.15) is 32.0 Å². The smallest absolute Gasteiger partial charge is 0.217 e. The quantitative estimate of drug-likeness (QED) is 0.878. The van der Waals surface area contributed by atoms with Gasteiger partial charge in [-0.2, -0.15) is 0 Å². The van der Waals surface area contributed by atoms with Crippen LogP contribution in [-0.4, -0.2) is 37.2 Å². The Morgan fingerprint density at radius 3 is 2.57 bits per heavy atom. The van der Waals surface area contributed by atoms with Gasteiger partial charge in [-0.25, -0.2) is 0 Å². The third kappa shape index (κ3) is 4.90. The number of hydrogen-bond donors (Lipinski definition) is 2. The Labute approximate surface area is 125 Å². The first-order chi connectivity index (χ1) is 10.1.